The van der Waals surface area contributed by atoms with Gasteiger partial charge in [-0.15, -0.1) is 0 Å². The van der Waals surface area contributed by atoms with Gasteiger partial charge in [-0.3, -0.25) is 0 Å². The minimum absolute atomic E-state index is 0.0511. The van der Waals surface area contributed by atoms with Gasteiger partial charge < -0.3 is 10.1 Å². The smallest absolute Gasteiger partial charge is 0.338 e. The van der Waals surface area contributed by atoms with Crippen molar-refractivity contribution in [3.63, 3.8) is 0 Å². The molecule has 1 aromatic rings. The standard InChI is InChI=1S/C14H16ClNO2/c15-10-3-1-2-9(6-10)14(17)18-13-7-11-4-5-12(8-13)16-11/h1-3,6,11-13,16H,4-5,7-8H2/t11-,12+,13?. The molecule has 3 atom stereocenters. The molecule has 0 spiro atoms. The monoisotopic (exact) mass is 265 g/mol. The topological polar surface area (TPSA) is 38.3 Å². The van der Waals surface area contributed by atoms with Gasteiger partial charge in [0, 0.05) is 17.1 Å². The normalized spacial score (nSPS) is 30.2. The van der Waals surface area contributed by atoms with Crippen molar-refractivity contribution in [2.45, 2.75) is 43.9 Å². The molecule has 2 heterocycles. The Hall–Kier alpha value is -1.06. The Morgan fingerprint density at radius 1 is 1.28 bits per heavy atom. The van der Waals surface area contributed by atoms with E-state index in [2.05, 4.69) is 5.32 Å². The summed E-state index contributed by atoms with van der Waals surface area (Å²) in [6.45, 7) is 0. The maximum Gasteiger partial charge on any atom is 0.338 e. The van der Waals surface area contributed by atoms with Gasteiger partial charge >= 0.3 is 5.97 Å². The minimum atomic E-state index is -0.260. The first kappa shape index (κ1) is 12.0. The van der Waals surface area contributed by atoms with Gasteiger partial charge in [-0.1, -0.05) is 17.7 Å². The summed E-state index contributed by atoms with van der Waals surface area (Å²) in [5.74, 6) is -0.260. The first-order valence-electron chi connectivity index (χ1n) is 6.43. The fourth-order valence-electron chi connectivity index (χ4n) is 2.94. The summed E-state index contributed by atoms with van der Waals surface area (Å²) >= 11 is 5.87. The fraction of sp³-hybridized carbons (Fsp3) is 0.500. The highest BCUT2D eigenvalue weighted by Gasteiger charge is 2.35. The second kappa shape index (κ2) is 4.90. The SMILES string of the molecule is O=C(OC1C[C@H]2CC[C@@H](C1)N2)c1cccc(Cl)c1. The zero-order valence-corrected chi connectivity index (χ0v) is 10.8. The Balaban J connectivity index is 1.64. The van der Waals surface area contributed by atoms with Crippen molar-refractivity contribution in [3.8, 4) is 0 Å². The third kappa shape index (κ3) is 2.52. The van der Waals surface area contributed by atoms with Crippen molar-refractivity contribution < 1.29 is 9.53 Å². The van der Waals surface area contributed by atoms with Crippen LogP contribution in [0.3, 0.4) is 0 Å². The van der Waals surface area contributed by atoms with Gasteiger partial charge in [0.05, 0.1) is 5.56 Å². The lowest BCUT2D eigenvalue weighted by molar-refractivity contribution is 0.0177. The molecule has 18 heavy (non-hydrogen) atoms. The van der Waals surface area contributed by atoms with Crippen LogP contribution in [0.4, 0.5) is 0 Å². The van der Waals surface area contributed by atoms with Gasteiger partial charge in [-0.25, -0.2) is 4.79 Å². The largest absolute Gasteiger partial charge is 0.459 e. The van der Waals surface area contributed by atoms with Gasteiger partial charge in [-0.2, -0.15) is 0 Å². The summed E-state index contributed by atoms with van der Waals surface area (Å²) in [6, 6.07) is 7.97. The molecule has 0 saturated carbocycles. The Labute approximate surface area is 111 Å². The third-order valence-corrected chi connectivity index (χ3v) is 4.00. The molecule has 1 aromatic carbocycles. The van der Waals surface area contributed by atoms with E-state index in [9.17, 15) is 4.79 Å². The zero-order chi connectivity index (χ0) is 12.5. The Morgan fingerprint density at radius 2 is 2.00 bits per heavy atom. The maximum absolute atomic E-state index is 12.0. The predicted molar refractivity (Wildman–Crippen MR) is 69.8 cm³/mol. The van der Waals surface area contributed by atoms with Crippen molar-refractivity contribution in [2.24, 2.45) is 0 Å². The van der Waals surface area contributed by atoms with Crippen LogP contribution in [-0.4, -0.2) is 24.2 Å². The molecule has 0 aliphatic carbocycles. The number of nitrogens with one attached hydrogen (secondary N) is 1. The molecule has 2 fully saturated rings. The van der Waals surface area contributed by atoms with E-state index in [1.165, 1.54) is 12.8 Å². The molecule has 0 radical (unpaired) electrons. The van der Waals surface area contributed by atoms with Gasteiger partial charge in [0.25, 0.3) is 0 Å². The molecule has 1 N–H and O–H groups in total. The molecule has 96 valence electrons. The molecule has 2 aliphatic rings. The number of ether oxygens (including phenoxy) is 1. The van der Waals surface area contributed by atoms with Crippen LogP contribution in [0.5, 0.6) is 0 Å². The Bertz CT molecular complexity index is 451. The van der Waals surface area contributed by atoms with Crippen LogP contribution in [0.1, 0.15) is 36.0 Å². The predicted octanol–water partition coefficient (Wildman–Crippen LogP) is 2.78. The van der Waals surface area contributed by atoms with Gasteiger partial charge in [0.1, 0.15) is 6.10 Å². The summed E-state index contributed by atoms with van der Waals surface area (Å²) in [5.41, 5.74) is 0.536. The van der Waals surface area contributed by atoms with Crippen LogP contribution >= 0.6 is 11.6 Å². The lowest BCUT2D eigenvalue weighted by Gasteiger charge is -2.28. The number of hydrogen-bond acceptors (Lipinski definition) is 3. The summed E-state index contributed by atoms with van der Waals surface area (Å²) in [5, 5.41) is 4.09. The molecule has 0 amide bonds. The van der Waals surface area contributed by atoms with E-state index in [1.54, 1.807) is 24.3 Å². The summed E-state index contributed by atoms with van der Waals surface area (Å²) in [6.07, 6.45) is 4.33. The van der Waals surface area contributed by atoms with Crippen LogP contribution < -0.4 is 5.32 Å². The molecule has 2 aliphatic heterocycles. The number of rotatable bonds is 2. The summed E-state index contributed by atoms with van der Waals surface area (Å²) < 4.78 is 5.58. The number of carbonyl (C=O) groups is 1. The van der Waals surface area contributed by atoms with Crippen molar-refractivity contribution in [3.05, 3.63) is 34.9 Å². The highest BCUT2D eigenvalue weighted by atomic mass is 35.5. The molecule has 2 bridgehead atoms. The lowest BCUT2D eigenvalue weighted by Crippen LogP contribution is -2.42. The van der Waals surface area contributed by atoms with E-state index >= 15 is 0 Å². The van der Waals surface area contributed by atoms with Crippen LogP contribution in [0.2, 0.25) is 5.02 Å². The highest BCUT2D eigenvalue weighted by Crippen LogP contribution is 2.29. The average Bonchev–Trinajstić information content (AvgIpc) is 2.69. The van der Waals surface area contributed by atoms with E-state index in [0.29, 0.717) is 22.7 Å². The highest BCUT2D eigenvalue weighted by molar-refractivity contribution is 6.30. The summed E-state index contributed by atoms with van der Waals surface area (Å²) in [4.78, 5) is 12.0. The number of piperidine rings is 1. The number of halogens is 1. The third-order valence-electron chi connectivity index (χ3n) is 3.76. The van der Waals surface area contributed by atoms with Crippen LogP contribution in [0.15, 0.2) is 24.3 Å². The van der Waals surface area contributed by atoms with Crippen molar-refractivity contribution in [2.75, 3.05) is 0 Å². The number of esters is 1. The molecule has 1 unspecified atom stereocenters. The zero-order valence-electron chi connectivity index (χ0n) is 10.1. The molecule has 3 nitrogen and oxygen atoms in total. The van der Waals surface area contributed by atoms with Gasteiger partial charge in [0.2, 0.25) is 0 Å². The number of benzene rings is 1. The molecular formula is C14H16ClNO2. The molecule has 2 saturated heterocycles. The van der Waals surface area contributed by atoms with Crippen LogP contribution in [0.25, 0.3) is 0 Å². The molecule has 3 rings (SSSR count). The number of carbonyl (C=O) groups excluding carboxylic acids is 1. The maximum atomic E-state index is 12.0. The second-order valence-corrected chi connectivity index (χ2v) is 5.58. The first-order valence-corrected chi connectivity index (χ1v) is 6.81. The molecular weight excluding hydrogens is 250 g/mol. The average molecular weight is 266 g/mol. The first-order chi connectivity index (χ1) is 8.70. The van der Waals surface area contributed by atoms with E-state index < -0.39 is 0 Å². The van der Waals surface area contributed by atoms with Crippen molar-refractivity contribution in [1.82, 2.24) is 5.32 Å². The number of fused-ring (bicyclic) bond motifs is 2. The van der Waals surface area contributed by atoms with E-state index in [-0.39, 0.29) is 12.1 Å². The Morgan fingerprint density at radius 3 is 2.67 bits per heavy atom. The number of hydrogen-bond donors (Lipinski definition) is 1. The van der Waals surface area contributed by atoms with E-state index in [1.807, 2.05) is 0 Å². The summed E-state index contributed by atoms with van der Waals surface area (Å²) in [7, 11) is 0. The Kier molecular flexibility index (Phi) is 3.27. The van der Waals surface area contributed by atoms with E-state index in [4.69, 9.17) is 16.3 Å². The van der Waals surface area contributed by atoms with Gasteiger partial charge in [-0.05, 0) is 43.9 Å². The fourth-order valence-corrected chi connectivity index (χ4v) is 3.13. The van der Waals surface area contributed by atoms with Crippen molar-refractivity contribution >= 4 is 17.6 Å². The van der Waals surface area contributed by atoms with Crippen LogP contribution in [-0.2, 0) is 4.74 Å². The van der Waals surface area contributed by atoms with Crippen LogP contribution in [0, 0.1) is 0 Å². The quantitative estimate of drug-likeness (QED) is 0.836. The molecule has 0 aromatic heterocycles. The second-order valence-electron chi connectivity index (χ2n) is 5.15. The van der Waals surface area contributed by atoms with E-state index in [0.717, 1.165) is 12.8 Å². The minimum Gasteiger partial charge on any atom is -0.459 e. The van der Waals surface area contributed by atoms with Crippen molar-refractivity contribution in [1.29, 1.82) is 0 Å². The van der Waals surface area contributed by atoms with Gasteiger partial charge in [0.15, 0.2) is 0 Å². The lowest BCUT2D eigenvalue weighted by atomic mass is 10.0. The molecule has 4 heteroatoms.